The van der Waals surface area contributed by atoms with E-state index in [1.807, 2.05) is 14.0 Å². The average Bonchev–Trinajstić information content (AvgIpc) is 2.38. The summed E-state index contributed by atoms with van der Waals surface area (Å²) in [6, 6.07) is 0. The van der Waals surface area contributed by atoms with E-state index in [9.17, 15) is 4.79 Å². The van der Waals surface area contributed by atoms with Crippen molar-refractivity contribution >= 4 is 22.2 Å². The van der Waals surface area contributed by atoms with Gasteiger partial charge in [0, 0.05) is 7.05 Å². The summed E-state index contributed by atoms with van der Waals surface area (Å²) in [6.45, 7) is 1.98. The summed E-state index contributed by atoms with van der Waals surface area (Å²) in [5.41, 5.74) is 0.951. The highest BCUT2D eigenvalue weighted by molar-refractivity contribution is 9.10. The van der Waals surface area contributed by atoms with Gasteiger partial charge in [0.2, 0.25) is 0 Å². The number of carbonyl (C=O) groups excluding carboxylic acids is 1. The zero-order valence-corrected chi connectivity index (χ0v) is 8.71. The van der Waals surface area contributed by atoms with Crippen molar-refractivity contribution in [3.8, 4) is 0 Å². The van der Waals surface area contributed by atoms with Crippen LogP contribution in [0.5, 0.6) is 0 Å². The molecule has 0 aliphatic carbocycles. The van der Waals surface area contributed by atoms with Crippen molar-refractivity contribution in [2.24, 2.45) is 7.05 Å². The van der Waals surface area contributed by atoms with Crippen LogP contribution in [0.1, 0.15) is 25.0 Å². The van der Waals surface area contributed by atoms with Crippen LogP contribution in [0.3, 0.4) is 0 Å². The summed E-state index contributed by atoms with van der Waals surface area (Å²) in [5.74, 6) is -0.0492. The molecule has 1 unspecified atom stereocenters. The maximum Gasteiger partial charge on any atom is 0.129 e. The summed E-state index contributed by atoms with van der Waals surface area (Å²) in [5, 5.41) is 4.04. The van der Waals surface area contributed by atoms with Gasteiger partial charge < -0.3 is 4.79 Å². The van der Waals surface area contributed by atoms with Crippen LogP contribution in [0.4, 0.5) is 0 Å². The average molecular weight is 231 g/mol. The quantitative estimate of drug-likeness (QED) is 0.744. The number of hydrogen-bond acceptors (Lipinski definition) is 2. The lowest BCUT2D eigenvalue weighted by Crippen LogP contribution is -2.06. The topological polar surface area (TPSA) is 34.9 Å². The molecular formula is C8H11BrN2O. The van der Waals surface area contributed by atoms with Gasteiger partial charge in [-0.15, -0.1) is 0 Å². The highest BCUT2D eigenvalue weighted by Crippen LogP contribution is 2.24. The highest BCUT2D eigenvalue weighted by Gasteiger charge is 2.15. The lowest BCUT2D eigenvalue weighted by molar-refractivity contribution is -0.109. The summed E-state index contributed by atoms with van der Waals surface area (Å²) in [4.78, 5) is 10.7. The molecule has 66 valence electrons. The zero-order valence-electron chi connectivity index (χ0n) is 7.12. The lowest BCUT2D eigenvalue weighted by Gasteiger charge is -2.07. The Morgan fingerprint density at radius 3 is 2.83 bits per heavy atom. The van der Waals surface area contributed by atoms with E-state index in [1.165, 1.54) is 0 Å². The number of aromatic nitrogens is 2. The van der Waals surface area contributed by atoms with Gasteiger partial charge in [0.1, 0.15) is 6.29 Å². The third-order valence-corrected chi connectivity index (χ3v) is 2.50. The molecule has 4 heteroatoms. The first kappa shape index (κ1) is 9.45. The maximum absolute atomic E-state index is 10.7. The molecule has 1 aromatic rings. The fraction of sp³-hybridized carbons (Fsp3) is 0.500. The minimum atomic E-state index is -0.0492. The van der Waals surface area contributed by atoms with Crippen LogP contribution in [0.2, 0.25) is 0 Å². The summed E-state index contributed by atoms with van der Waals surface area (Å²) < 4.78 is 2.64. The molecule has 1 heterocycles. The van der Waals surface area contributed by atoms with E-state index < -0.39 is 0 Å². The van der Waals surface area contributed by atoms with Gasteiger partial charge >= 0.3 is 0 Å². The van der Waals surface area contributed by atoms with Crippen LogP contribution in [-0.2, 0) is 11.8 Å². The van der Waals surface area contributed by atoms with Gasteiger partial charge in [0.05, 0.1) is 22.3 Å². The standard InChI is InChI=1S/C8H11BrN2O/c1-3-6(5-12)8-7(9)4-10-11(8)2/h4-6H,3H2,1-2H3. The van der Waals surface area contributed by atoms with Gasteiger partial charge in [0.15, 0.2) is 0 Å². The number of aldehydes is 1. The van der Waals surface area contributed by atoms with Crippen LogP contribution in [0.25, 0.3) is 0 Å². The Balaban J connectivity index is 3.06. The van der Waals surface area contributed by atoms with Crippen molar-refractivity contribution in [2.45, 2.75) is 19.3 Å². The van der Waals surface area contributed by atoms with Crippen molar-refractivity contribution < 1.29 is 4.79 Å². The SMILES string of the molecule is CCC(C=O)c1c(Br)cnn1C. The van der Waals surface area contributed by atoms with Crippen molar-refractivity contribution in [1.29, 1.82) is 0 Å². The van der Waals surface area contributed by atoms with Crippen molar-refractivity contribution in [2.75, 3.05) is 0 Å². The molecule has 0 aromatic carbocycles. The first-order valence-electron chi connectivity index (χ1n) is 3.83. The third-order valence-electron chi connectivity index (χ3n) is 1.89. The van der Waals surface area contributed by atoms with E-state index in [0.717, 1.165) is 22.9 Å². The largest absolute Gasteiger partial charge is 0.303 e. The second-order valence-electron chi connectivity index (χ2n) is 2.65. The van der Waals surface area contributed by atoms with Crippen molar-refractivity contribution in [1.82, 2.24) is 9.78 Å². The Morgan fingerprint density at radius 2 is 2.50 bits per heavy atom. The van der Waals surface area contributed by atoms with Gasteiger partial charge in [-0.2, -0.15) is 5.10 Å². The molecule has 0 fully saturated rings. The Morgan fingerprint density at radius 1 is 1.83 bits per heavy atom. The molecule has 1 aromatic heterocycles. The smallest absolute Gasteiger partial charge is 0.129 e. The van der Waals surface area contributed by atoms with Gasteiger partial charge in [-0.1, -0.05) is 6.92 Å². The molecule has 0 saturated carbocycles. The lowest BCUT2D eigenvalue weighted by atomic mass is 10.1. The molecular weight excluding hydrogens is 220 g/mol. The maximum atomic E-state index is 10.7. The van der Waals surface area contributed by atoms with Gasteiger partial charge in [-0.3, -0.25) is 4.68 Å². The van der Waals surface area contributed by atoms with Crippen LogP contribution in [-0.4, -0.2) is 16.1 Å². The second kappa shape index (κ2) is 3.85. The van der Waals surface area contributed by atoms with E-state index in [0.29, 0.717) is 0 Å². The van der Waals surface area contributed by atoms with E-state index in [1.54, 1.807) is 10.9 Å². The van der Waals surface area contributed by atoms with E-state index >= 15 is 0 Å². The van der Waals surface area contributed by atoms with Gasteiger partial charge in [0.25, 0.3) is 0 Å². The molecule has 0 N–H and O–H groups in total. The van der Waals surface area contributed by atoms with Gasteiger partial charge in [-0.05, 0) is 22.4 Å². The highest BCUT2D eigenvalue weighted by atomic mass is 79.9. The fourth-order valence-electron chi connectivity index (χ4n) is 1.19. The minimum absolute atomic E-state index is 0.0492. The van der Waals surface area contributed by atoms with Crippen molar-refractivity contribution in [3.05, 3.63) is 16.4 Å². The zero-order chi connectivity index (χ0) is 9.14. The Labute approximate surface area is 79.9 Å². The Bertz CT molecular complexity index is 263. The van der Waals surface area contributed by atoms with Gasteiger partial charge in [-0.25, -0.2) is 0 Å². The molecule has 0 spiro atoms. The third kappa shape index (κ3) is 1.58. The summed E-state index contributed by atoms with van der Waals surface area (Å²) in [6.07, 6.45) is 3.48. The van der Waals surface area contributed by atoms with Crippen LogP contribution < -0.4 is 0 Å². The predicted octanol–water partition coefficient (Wildman–Crippen LogP) is 1.88. The molecule has 0 aliphatic rings. The minimum Gasteiger partial charge on any atom is -0.303 e. The molecule has 1 atom stereocenters. The molecule has 0 saturated heterocycles. The van der Waals surface area contributed by atoms with Crippen molar-refractivity contribution in [3.63, 3.8) is 0 Å². The molecule has 1 rings (SSSR count). The second-order valence-corrected chi connectivity index (χ2v) is 3.51. The number of hydrogen-bond donors (Lipinski definition) is 0. The fourth-order valence-corrected chi connectivity index (χ4v) is 1.83. The number of rotatable bonds is 3. The number of halogens is 1. The van der Waals surface area contributed by atoms with E-state index in [2.05, 4.69) is 21.0 Å². The normalized spacial score (nSPS) is 12.9. The number of nitrogens with zero attached hydrogens (tertiary/aromatic N) is 2. The van der Waals surface area contributed by atoms with E-state index in [4.69, 9.17) is 0 Å². The van der Waals surface area contributed by atoms with E-state index in [-0.39, 0.29) is 5.92 Å². The monoisotopic (exact) mass is 230 g/mol. The summed E-state index contributed by atoms with van der Waals surface area (Å²) >= 11 is 3.36. The molecule has 0 amide bonds. The molecule has 0 radical (unpaired) electrons. The van der Waals surface area contributed by atoms with Crippen LogP contribution in [0.15, 0.2) is 10.7 Å². The summed E-state index contributed by atoms with van der Waals surface area (Å²) in [7, 11) is 1.84. The van der Waals surface area contributed by atoms with Crippen LogP contribution in [0, 0.1) is 0 Å². The number of aryl methyl sites for hydroxylation is 1. The molecule has 3 nitrogen and oxygen atoms in total. The Hall–Kier alpha value is -0.640. The number of carbonyl (C=O) groups is 1. The first-order chi connectivity index (χ1) is 5.70. The Kier molecular flexibility index (Phi) is 3.03. The molecule has 12 heavy (non-hydrogen) atoms. The predicted molar refractivity (Wildman–Crippen MR) is 50.0 cm³/mol. The first-order valence-corrected chi connectivity index (χ1v) is 4.62. The molecule has 0 bridgehead atoms. The molecule has 0 aliphatic heterocycles. The van der Waals surface area contributed by atoms with Crippen LogP contribution >= 0.6 is 15.9 Å².